The van der Waals surface area contributed by atoms with Crippen LogP contribution in [0, 0.1) is 0 Å². The number of rotatable bonds is 3. The second-order valence-electron chi connectivity index (χ2n) is 3.84. The van der Waals surface area contributed by atoms with Crippen LogP contribution in [0.1, 0.15) is 17.8 Å². The van der Waals surface area contributed by atoms with Crippen LogP contribution in [-0.4, -0.2) is 7.05 Å². The summed E-state index contributed by atoms with van der Waals surface area (Å²) in [6.45, 7) is 2.17. The molecule has 1 nitrogen and oxygen atoms in total. The highest BCUT2D eigenvalue weighted by atomic mass is 79.9. The van der Waals surface area contributed by atoms with Crippen molar-refractivity contribution in [3.05, 3.63) is 44.2 Å². The fourth-order valence-corrected chi connectivity index (χ4v) is 4.06. The highest BCUT2D eigenvalue weighted by Gasteiger charge is 2.10. The van der Waals surface area contributed by atoms with Crippen molar-refractivity contribution in [2.75, 3.05) is 7.05 Å². The van der Waals surface area contributed by atoms with Crippen LogP contribution in [0.3, 0.4) is 0 Å². The lowest BCUT2D eigenvalue weighted by atomic mass is 10.2. The van der Waals surface area contributed by atoms with Gasteiger partial charge in [0, 0.05) is 30.3 Å². The first kappa shape index (κ1) is 13.3. The Morgan fingerprint density at radius 1 is 1.18 bits per heavy atom. The predicted octanol–water partition coefficient (Wildman–Crippen LogP) is 5.22. The van der Waals surface area contributed by atoms with Crippen molar-refractivity contribution in [2.24, 2.45) is 0 Å². The Kier molecular flexibility index (Phi) is 4.42. The van der Waals surface area contributed by atoms with Gasteiger partial charge in [-0.25, -0.2) is 0 Å². The van der Waals surface area contributed by atoms with Crippen LogP contribution in [0.2, 0.25) is 0 Å². The van der Waals surface area contributed by atoms with Crippen LogP contribution in [0.15, 0.2) is 39.3 Å². The summed E-state index contributed by atoms with van der Waals surface area (Å²) in [7, 11) is 1.99. The Bertz CT molecular complexity index is 522. The molecule has 0 aliphatic heterocycles. The maximum atomic E-state index is 3.61. The molecule has 1 aromatic heterocycles. The third-order valence-corrected chi connectivity index (χ3v) is 5.13. The Balaban J connectivity index is 2.37. The molecule has 1 atom stereocenters. The number of hydrogen-bond donors (Lipinski definition) is 1. The molecule has 2 rings (SSSR count). The molecule has 0 saturated heterocycles. The third kappa shape index (κ3) is 2.99. The van der Waals surface area contributed by atoms with E-state index in [4.69, 9.17) is 0 Å². The molecular formula is C13H13Br2NS. The van der Waals surface area contributed by atoms with E-state index < -0.39 is 0 Å². The van der Waals surface area contributed by atoms with Gasteiger partial charge in [0.15, 0.2) is 0 Å². The summed E-state index contributed by atoms with van der Waals surface area (Å²) in [6.07, 6.45) is 0. The van der Waals surface area contributed by atoms with E-state index in [1.165, 1.54) is 15.3 Å². The van der Waals surface area contributed by atoms with Crippen LogP contribution in [0.25, 0.3) is 10.4 Å². The number of nitrogens with one attached hydrogen (secondary N) is 1. The van der Waals surface area contributed by atoms with Gasteiger partial charge in [0.1, 0.15) is 0 Å². The van der Waals surface area contributed by atoms with E-state index in [0.29, 0.717) is 6.04 Å². The van der Waals surface area contributed by atoms with Crippen molar-refractivity contribution >= 4 is 43.2 Å². The van der Waals surface area contributed by atoms with Gasteiger partial charge in [-0.3, -0.25) is 0 Å². The Morgan fingerprint density at radius 3 is 2.59 bits per heavy atom. The Morgan fingerprint density at radius 2 is 1.94 bits per heavy atom. The molecule has 0 aliphatic carbocycles. The van der Waals surface area contributed by atoms with E-state index in [2.05, 4.69) is 74.4 Å². The minimum absolute atomic E-state index is 0.406. The standard InChI is InChI=1S/C13H13Br2NS/c1-8(16-2)12-5-6-13(17-12)10-4-3-9(14)7-11(10)15/h3-8,16H,1-2H3. The number of halogens is 2. The van der Waals surface area contributed by atoms with Gasteiger partial charge in [0.05, 0.1) is 0 Å². The lowest BCUT2D eigenvalue weighted by molar-refractivity contribution is 0.664. The molecule has 0 radical (unpaired) electrons. The first-order chi connectivity index (χ1) is 8.11. The van der Waals surface area contributed by atoms with E-state index in [0.717, 1.165) is 8.95 Å². The number of benzene rings is 1. The molecule has 0 fully saturated rings. The molecule has 90 valence electrons. The molecule has 1 aromatic carbocycles. The molecule has 1 N–H and O–H groups in total. The first-order valence-corrected chi connectivity index (χ1v) is 7.74. The summed E-state index contributed by atoms with van der Waals surface area (Å²) in [5.41, 5.74) is 1.24. The lowest BCUT2D eigenvalue weighted by Crippen LogP contribution is -2.10. The molecule has 4 heteroatoms. The third-order valence-electron chi connectivity index (χ3n) is 2.68. The summed E-state index contributed by atoms with van der Waals surface area (Å²) in [5, 5.41) is 3.26. The summed E-state index contributed by atoms with van der Waals surface area (Å²) >= 11 is 8.91. The van der Waals surface area contributed by atoms with Crippen LogP contribution in [0.5, 0.6) is 0 Å². The van der Waals surface area contributed by atoms with Gasteiger partial charge in [-0.15, -0.1) is 11.3 Å². The Hall–Kier alpha value is -0.160. The predicted molar refractivity (Wildman–Crippen MR) is 82.6 cm³/mol. The summed E-state index contributed by atoms with van der Waals surface area (Å²) < 4.78 is 2.21. The highest BCUT2D eigenvalue weighted by Crippen LogP contribution is 2.36. The van der Waals surface area contributed by atoms with E-state index in [1.807, 2.05) is 18.4 Å². The van der Waals surface area contributed by atoms with Crippen molar-refractivity contribution in [3.8, 4) is 10.4 Å². The fraction of sp³-hybridized carbons (Fsp3) is 0.231. The summed E-state index contributed by atoms with van der Waals surface area (Å²) in [5.74, 6) is 0. The topological polar surface area (TPSA) is 12.0 Å². The monoisotopic (exact) mass is 373 g/mol. The fourth-order valence-electron chi connectivity index (χ4n) is 1.56. The van der Waals surface area contributed by atoms with E-state index in [9.17, 15) is 0 Å². The lowest BCUT2D eigenvalue weighted by Gasteiger charge is -2.06. The molecule has 0 bridgehead atoms. The van der Waals surface area contributed by atoms with E-state index >= 15 is 0 Å². The highest BCUT2D eigenvalue weighted by molar-refractivity contribution is 9.11. The van der Waals surface area contributed by atoms with E-state index in [1.54, 1.807) is 0 Å². The Labute approximate surface area is 123 Å². The zero-order valence-corrected chi connectivity index (χ0v) is 13.6. The number of hydrogen-bond acceptors (Lipinski definition) is 2. The second kappa shape index (κ2) is 5.65. The average Bonchev–Trinajstić information content (AvgIpc) is 2.77. The van der Waals surface area contributed by atoms with E-state index in [-0.39, 0.29) is 0 Å². The summed E-state index contributed by atoms with van der Waals surface area (Å²) in [6, 6.07) is 11.1. The number of thiophene rings is 1. The normalized spacial score (nSPS) is 12.7. The van der Waals surface area contributed by atoms with Crippen LogP contribution in [-0.2, 0) is 0 Å². The van der Waals surface area contributed by atoms with Crippen LogP contribution < -0.4 is 5.32 Å². The first-order valence-electron chi connectivity index (χ1n) is 5.34. The van der Waals surface area contributed by atoms with Crippen molar-refractivity contribution < 1.29 is 0 Å². The summed E-state index contributed by atoms with van der Waals surface area (Å²) in [4.78, 5) is 2.65. The maximum Gasteiger partial charge on any atom is 0.0383 e. The van der Waals surface area contributed by atoms with Gasteiger partial charge < -0.3 is 5.32 Å². The maximum absolute atomic E-state index is 3.61. The second-order valence-corrected chi connectivity index (χ2v) is 6.72. The smallest absolute Gasteiger partial charge is 0.0383 e. The minimum Gasteiger partial charge on any atom is -0.313 e. The van der Waals surface area contributed by atoms with Crippen molar-refractivity contribution in [1.29, 1.82) is 0 Å². The van der Waals surface area contributed by atoms with Gasteiger partial charge in [0.2, 0.25) is 0 Å². The molecule has 0 aliphatic rings. The van der Waals surface area contributed by atoms with Gasteiger partial charge in [-0.2, -0.15) is 0 Å². The van der Waals surface area contributed by atoms with Gasteiger partial charge >= 0.3 is 0 Å². The van der Waals surface area contributed by atoms with Crippen LogP contribution in [0.4, 0.5) is 0 Å². The molecule has 0 spiro atoms. The van der Waals surface area contributed by atoms with Crippen LogP contribution >= 0.6 is 43.2 Å². The molecular weight excluding hydrogens is 362 g/mol. The average molecular weight is 375 g/mol. The van der Waals surface area contributed by atoms with Crippen molar-refractivity contribution in [3.63, 3.8) is 0 Å². The largest absolute Gasteiger partial charge is 0.313 e. The van der Waals surface area contributed by atoms with Gasteiger partial charge in [0.25, 0.3) is 0 Å². The van der Waals surface area contributed by atoms with Gasteiger partial charge in [-0.05, 0) is 38.2 Å². The quantitative estimate of drug-likeness (QED) is 0.776. The molecule has 1 unspecified atom stereocenters. The van der Waals surface area contributed by atoms with Crippen molar-refractivity contribution in [1.82, 2.24) is 5.32 Å². The molecule has 1 heterocycles. The van der Waals surface area contributed by atoms with Gasteiger partial charge in [-0.1, -0.05) is 37.9 Å². The molecule has 0 amide bonds. The molecule has 17 heavy (non-hydrogen) atoms. The molecule has 2 aromatic rings. The minimum atomic E-state index is 0.406. The zero-order chi connectivity index (χ0) is 12.4. The van der Waals surface area contributed by atoms with Crippen molar-refractivity contribution in [2.45, 2.75) is 13.0 Å². The zero-order valence-electron chi connectivity index (χ0n) is 9.63. The SMILES string of the molecule is CNC(C)c1ccc(-c2ccc(Br)cc2Br)s1. The molecule has 0 saturated carbocycles.